The van der Waals surface area contributed by atoms with Crippen molar-refractivity contribution in [2.75, 3.05) is 6.61 Å². The molecule has 0 aromatic heterocycles. The summed E-state index contributed by atoms with van der Waals surface area (Å²) in [6, 6.07) is 0.788. The van der Waals surface area contributed by atoms with Gasteiger partial charge >= 0.3 is 12.1 Å². The van der Waals surface area contributed by atoms with Crippen LogP contribution < -0.4 is 5.32 Å². The molecule has 1 amide bonds. The third-order valence-electron chi connectivity index (χ3n) is 2.80. The van der Waals surface area contributed by atoms with Crippen LogP contribution in [0.15, 0.2) is 18.2 Å². The van der Waals surface area contributed by atoms with Gasteiger partial charge in [0.05, 0.1) is 12.2 Å². The minimum absolute atomic E-state index is 0.117. The summed E-state index contributed by atoms with van der Waals surface area (Å²) < 4.78 is 55.7. The summed E-state index contributed by atoms with van der Waals surface area (Å²) >= 11 is 0. The number of carbonyl (C=O) groups excluding carboxylic acids is 2. The molecule has 0 saturated heterocycles. The molecule has 0 aliphatic rings. The standard InChI is InChI=1S/C15H17F4NO3/c1-8(2)7-23-14(22)9(3)20-13(21)10-4-5-11(12(16)6-10)15(17,18)19/h4-6,8-9H,7H2,1-3H3,(H,20,21). The summed E-state index contributed by atoms with van der Waals surface area (Å²) in [4.78, 5) is 23.5. The molecule has 1 atom stereocenters. The van der Waals surface area contributed by atoms with Crippen molar-refractivity contribution >= 4 is 11.9 Å². The van der Waals surface area contributed by atoms with E-state index < -0.39 is 35.5 Å². The topological polar surface area (TPSA) is 55.4 Å². The smallest absolute Gasteiger partial charge is 0.419 e. The number of esters is 1. The minimum atomic E-state index is -4.84. The summed E-state index contributed by atoms with van der Waals surface area (Å²) in [6.45, 7) is 5.21. The molecular formula is C15H17F4NO3. The molecule has 1 unspecified atom stereocenters. The molecule has 1 aromatic carbocycles. The zero-order valence-electron chi connectivity index (χ0n) is 12.8. The average molecular weight is 335 g/mol. The van der Waals surface area contributed by atoms with Gasteiger partial charge in [0.25, 0.3) is 5.91 Å². The zero-order chi connectivity index (χ0) is 17.8. The Bertz CT molecular complexity index is 585. The fourth-order valence-electron chi connectivity index (χ4n) is 1.60. The molecule has 0 saturated carbocycles. The van der Waals surface area contributed by atoms with E-state index in [1.807, 2.05) is 13.8 Å². The van der Waals surface area contributed by atoms with Crippen molar-refractivity contribution < 1.29 is 31.9 Å². The Labute approximate surface area is 130 Å². The van der Waals surface area contributed by atoms with E-state index in [2.05, 4.69) is 5.32 Å². The molecular weight excluding hydrogens is 318 g/mol. The van der Waals surface area contributed by atoms with Crippen LogP contribution in [-0.4, -0.2) is 24.5 Å². The fraction of sp³-hybridized carbons (Fsp3) is 0.467. The fourth-order valence-corrected chi connectivity index (χ4v) is 1.60. The molecule has 0 heterocycles. The van der Waals surface area contributed by atoms with Gasteiger partial charge in [-0.05, 0) is 31.0 Å². The predicted molar refractivity (Wildman–Crippen MR) is 74.1 cm³/mol. The summed E-state index contributed by atoms with van der Waals surface area (Å²) in [5, 5.41) is 2.24. The molecule has 128 valence electrons. The highest BCUT2D eigenvalue weighted by atomic mass is 19.4. The van der Waals surface area contributed by atoms with Crippen LogP contribution >= 0.6 is 0 Å². The molecule has 1 rings (SSSR count). The third-order valence-corrected chi connectivity index (χ3v) is 2.80. The summed E-state index contributed by atoms with van der Waals surface area (Å²) in [5.74, 6) is -2.99. The van der Waals surface area contributed by atoms with Gasteiger partial charge in [-0.25, -0.2) is 9.18 Å². The van der Waals surface area contributed by atoms with E-state index in [1.165, 1.54) is 6.92 Å². The highest BCUT2D eigenvalue weighted by molar-refractivity contribution is 5.96. The molecule has 23 heavy (non-hydrogen) atoms. The van der Waals surface area contributed by atoms with Crippen LogP contribution in [0.4, 0.5) is 17.6 Å². The summed E-state index contributed by atoms with van der Waals surface area (Å²) in [7, 11) is 0. The monoisotopic (exact) mass is 335 g/mol. The number of nitrogens with one attached hydrogen (secondary N) is 1. The molecule has 0 aliphatic heterocycles. The van der Waals surface area contributed by atoms with E-state index in [-0.39, 0.29) is 18.1 Å². The lowest BCUT2D eigenvalue weighted by Crippen LogP contribution is -2.40. The lowest BCUT2D eigenvalue weighted by Gasteiger charge is -2.15. The zero-order valence-corrected chi connectivity index (χ0v) is 12.8. The lowest BCUT2D eigenvalue weighted by molar-refractivity contribution is -0.146. The third kappa shape index (κ3) is 5.54. The van der Waals surface area contributed by atoms with Crippen LogP contribution in [-0.2, 0) is 15.7 Å². The number of hydrogen-bond donors (Lipinski definition) is 1. The quantitative estimate of drug-likeness (QED) is 0.664. The highest BCUT2D eigenvalue weighted by Crippen LogP contribution is 2.31. The van der Waals surface area contributed by atoms with Gasteiger partial charge in [0, 0.05) is 5.56 Å². The number of benzene rings is 1. The Hall–Kier alpha value is -2.12. The molecule has 4 nitrogen and oxygen atoms in total. The average Bonchev–Trinajstić information content (AvgIpc) is 2.42. The van der Waals surface area contributed by atoms with Gasteiger partial charge in [0.15, 0.2) is 0 Å². The van der Waals surface area contributed by atoms with E-state index in [9.17, 15) is 27.2 Å². The van der Waals surface area contributed by atoms with Crippen molar-refractivity contribution in [2.45, 2.75) is 33.0 Å². The van der Waals surface area contributed by atoms with Crippen molar-refractivity contribution in [3.63, 3.8) is 0 Å². The number of hydrogen-bond acceptors (Lipinski definition) is 3. The second-order valence-corrected chi connectivity index (χ2v) is 5.41. The summed E-state index contributed by atoms with van der Waals surface area (Å²) in [5.41, 5.74) is -1.78. The van der Waals surface area contributed by atoms with E-state index in [0.29, 0.717) is 12.1 Å². The summed E-state index contributed by atoms with van der Waals surface area (Å²) in [6.07, 6.45) is -4.84. The van der Waals surface area contributed by atoms with Crippen molar-refractivity contribution in [1.82, 2.24) is 5.32 Å². The first-order valence-electron chi connectivity index (χ1n) is 6.86. The number of carbonyl (C=O) groups is 2. The van der Waals surface area contributed by atoms with Crippen LogP contribution in [0.2, 0.25) is 0 Å². The maximum absolute atomic E-state index is 13.4. The van der Waals surface area contributed by atoms with Crippen molar-refractivity contribution in [2.24, 2.45) is 5.92 Å². The lowest BCUT2D eigenvalue weighted by atomic mass is 10.1. The molecule has 1 N–H and O–H groups in total. The largest absolute Gasteiger partial charge is 0.464 e. The SMILES string of the molecule is CC(C)COC(=O)C(C)NC(=O)c1ccc(C(F)(F)F)c(F)c1. The van der Waals surface area contributed by atoms with Gasteiger partial charge in [-0.15, -0.1) is 0 Å². The molecule has 0 radical (unpaired) electrons. The first-order valence-corrected chi connectivity index (χ1v) is 6.86. The number of alkyl halides is 3. The Morgan fingerprint density at radius 1 is 1.22 bits per heavy atom. The van der Waals surface area contributed by atoms with Gasteiger partial charge in [-0.1, -0.05) is 13.8 Å². The predicted octanol–water partition coefficient (Wildman–Crippen LogP) is 3.16. The van der Waals surface area contributed by atoms with E-state index in [1.54, 1.807) is 0 Å². The van der Waals surface area contributed by atoms with Gasteiger partial charge in [-0.3, -0.25) is 4.79 Å². The van der Waals surface area contributed by atoms with Crippen LogP contribution in [0.5, 0.6) is 0 Å². The number of halogens is 4. The minimum Gasteiger partial charge on any atom is -0.464 e. The Morgan fingerprint density at radius 3 is 2.30 bits per heavy atom. The Kier molecular flexibility index (Phi) is 6.12. The Morgan fingerprint density at radius 2 is 1.83 bits per heavy atom. The van der Waals surface area contributed by atoms with Gasteiger partial charge < -0.3 is 10.1 Å². The molecule has 0 spiro atoms. The second-order valence-electron chi connectivity index (χ2n) is 5.41. The molecule has 0 aliphatic carbocycles. The highest BCUT2D eigenvalue weighted by Gasteiger charge is 2.34. The number of rotatable bonds is 5. The van der Waals surface area contributed by atoms with Gasteiger partial charge in [-0.2, -0.15) is 13.2 Å². The van der Waals surface area contributed by atoms with Crippen LogP contribution in [0, 0.1) is 11.7 Å². The van der Waals surface area contributed by atoms with Gasteiger partial charge in [0.2, 0.25) is 0 Å². The molecule has 8 heteroatoms. The first kappa shape index (κ1) is 18.9. The van der Waals surface area contributed by atoms with Crippen LogP contribution in [0.3, 0.4) is 0 Å². The normalized spacial score (nSPS) is 12.9. The first-order chi connectivity index (χ1) is 10.5. The van der Waals surface area contributed by atoms with Crippen LogP contribution in [0.25, 0.3) is 0 Å². The van der Waals surface area contributed by atoms with Crippen molar-refractivity contribution in [3.8, 4) is 0 Å². The van der Waals surface area contributed by atoms with Crippen molar-refractivity contribution in [3.05, 3.63) is 35.1 Å². The maximum Gasteiger partial charge on any atom is 0.419 e. The van der Waals surface area contributed by atoms with Crippen LogP contribution in [0.1, 0.15) is 36.7 Å². The van der Waals surface area contributed by atoms with E-state index in [0.717, 1.165) is 6.07 Å². The van der Waals surface area contributed by atoms with Gasteiger partial charge in [0.1, 0.15) is 11.9 Å². The maximum atomic E-state index is 13.4. The van der Waals surface area contributed by atoms with Crippen molar-refractivity contribution in [1.29, 1.82) is 0 Å². The van der Waals surface area contributed by atoms with E-state index >= 15 is 0 Å². The Balaban J connectivity index is 2.75. The number of amides is 1. The molecule has 1 aromatic rings. The molecule has 0 fully saturated rings. The number of ether oxygens (including phenoxy) is 1. The molecule has 0 bridgehead atoms. The van der Waals surface area contributed by atoms with E-state index in [4.69, 9.17) is 4.74 Å². The second kappa shape index (κ2) is 7.43.